The van der Waals surface area contributed by atoms with Gasteiger partial charge in [0.1, 0.15) is 11.5 Å². The number of rotatable bonds is 7. The zero-order chi connectivity index (χ0) is 22.6. The van der Waals surface area contributed by atoms with E-state index in [0.29, 0.717) is 37.5 Å². The van der Waals surface area contributed by atoms with E-state index in [1.165, 1.54) is 19.2 Å². The summed E-state index contributed by atoms with van der Waals surface area (Å²) in [6.45, 7) is 5.75. The van der Waals surface area contributed by atoms with Crippen LogP contribution >= 0.6 is 0 Å². The molecule has 1 saturated heterocycles. The first-order chi connectivity index (χ1) is 14.7. The zero-order valence-corrected chi connectivity index (χ0v) is 19.1. The van der Waals surface area contributed by atoms with Gasteiger partial charge in [0.25, 0.3) is 0 Å². The molecule has 1 atom stereocenters. The van der Waals surface area contributed by atoms with Crippen molar-refractivity contribution in [2.45, 2.75) is 24.8 Å². The van der Waals surface area contributed by atoms with Crippen LogP contribution in [-0.4, -0.2) is 65.7 Å². The number of nitrogens with zero attached hydrogens (tertiary/aromatic N) is 2. The number of hydrogen-bond acceptors (Lipinski definition) is 6. The van der Waals surface area contributed by atoms with Crippen molar-refractivity contribution in [3.05, 3.63) is 48.0 Å². The Hall–Kier alpha value is -2.78. The number of aryl methyl sites for hydroxylation is 1. The van der Waals surface area contributed by atoms with Crippen molar-refractivity contribution in [1.82, 2.24) is 9.62 Å². The van der Waals surface area contributed by atoms with Crippen LogP contribution in [0.4, 0.5) is 5.69 Å². The first-order valence-corrected chi connectivity index (χ1v) is 11.6. The molecule has 1 N–H and O–H groups in total. The number of hydrogen-bond donors (Lipinski definition) is 1. The summed E-state index contributed by atoms with van der Waals surface area (Å²) < 4.78 is 38.3. The van der Waals surface area contributed by atoms with Crippen LogP contribution in [0.25, 0.3) is 0 Å². The standard InChI is InChI=1S/C22H29N3O5S/c1-16-15-20(9-10-21(16)30-4)31(27,28)23-17(2)22(26)25-13-11-24(12-14-25)18-5-7-19(29-3)8-6-18/h5-10,15,17,23H,11-14H2,1-4H3/t17-/m0/s1. The molecule has 2 aromatic rings. The Morgan fingerprint density at radius 3 is 2.19 bits per heavy atom. The van der Waals surface area contributed by atoms with E-state index in [4.69, 9.17) is 9.47 Å². The Morgan fingerprint density at radius 2 is 1.65 bits per heavy atom. The third-order valence-corrected chi connectivity index (χ3v) is 6.95. The fourth-order valence-corrected chi connectivity index (χ4v) is 4.90. The summed E-state index contributed by atoms with van der Waals surface area (Å²) in [7, 11) is -0.665. The number of piperazine rings is 1. The molecule has 1 amide bonds. The van der Waals surface area contributed by atoms with Crippen molar-refractivity contribution in [3.63, 3.8) is 0 Å². The number of benzene rings is 2. The molecule has 3 rings (SSSR count). The lowest BCUT2D eigenvalue weighted by atomic mass is 10.2. The van der Waals surface area contributed by atoms with Crippen LogP contribution < -0.4 is 19.1 Å². The van der Waals surface area contributed by atoms with Gasteiger partial charge in [0.05, 0.1) is 25.2 Å². The fraction of sp³-hybridized carbons (Fsp3) is 0.409. The predicted molar refractivity (Wildman–Crippen MR) is 119 cm³/mol. The number of amides is 1. The minimum absolute atomic E-state index is 0.106. The summed E-state index contributed by atoms with van der Waals surface area (Å²) in [5.74, 6) is 1.17. The summed E-state index contributed by atoms with van der Waals surface area (Å²) in [5.41, 5.74) is 1.77. The Kier molecular flexibility index (Phi) is 7.07. The predicted octanol–water partition coefficient (Wildman–Crippen LogP) is 2.03. The molecule has 1 aliphatic heterocycles. The number of carbonyl (C=O) groups is 1. The maximum absolute atomic E-state index is 12.8. The average Bonchev–Trinajstić information content (AvgIpc) is 2.78. The summed E-state index contributed by atoms with van der Waals surface area (Å²) >= 11 is 0. The molecule has 31 heavy (non-hydrogen) atoms. The molecule has 1 heterocycles. The summed E-state index contributed by atoms with van der Waals surface area (Å²) in [6.07, 6.45) is 0. The van der Waals surface area contributed by atoms with Crippen LogP contribution in [0, 0.1) is 6.92 Å². The third kappa shape index (κ3) is 5.29. The van der Waals surface area contributed by atoms with Crippen molar-refractivity contribution in [3.8, 4) is 11.5 Å². The number of carbonyl (C=O) groups excluding carboxylic acids is 1. The smallest absolute Gasteiger partial charge is 0.241 e. The van der Waals surface area contributed by atoms with Gasteiger partial charge < -0.3 is 19.3 Å². The molecule has 0 unspecified atom stereocenters. The molecule has 1 fully saturated rings. The fourth-order valence-electron chi connectivity index (χ4n) is 3.62. The monoisotopic (exact) mass is 447 g/mol. The van der Waals surface area contributed by atoms with E-state index in [9.17, 15) is 13.2 Å². The first-order valence-electron chi connectivity index (χ1n) is 10.1. The number of methoxy groups -OCH3 is 2. The normalized spacial score (nSPS) is 15.5. The van der Waals surface area contributed by atoms with Crippen molar-refractivity contribution in [1.29, 1.82) is 0 Å². The Bertz CT molecular complexity index is 1020. The van der Waals surface area contributed by atoms with Crippen LogP contribution in [0.3, 0.4) is 0 Å². The van der Waals surface area contributed by atoms with Gasteiger partial charge in [-0.05, 0) is 61.9 Å². The highest BCUT2D eigenvalue weighted by Crippen LogP contribution is 2.22. The third-order valence-electron chi connectivity index (χ3n) is 5.41. The average molecular weight is 448 g/mol. The van der Waals surface area contributed by atoms with Crippen LogP contribution in [0.1, 0.15) is 12.5 Å². The molecule has 168 valence electrons. The van der Waals surface area contributed by atoms with E-state index in [-0.39, 0.29) is 10.8 Å². The second-order valence-corrected chi connectivity index (χ2v) is 9.20. The zero-order valence-electron chi connectivity index (χ0n) is 18.3. The number of ether oxygens (including phenoxy) is 2. The molecule has 8 nitrogen and oxygen atoms in total. The highest BCUT2D eigenvalue weighted by Gasteiger charge is 2.28. The van der Waals surface area contributed by atoms with E-state index in [1.54, 1.807) is 31.9 Å². The maximum atomic E-state index is 12.8. The highest BCUT2D eigenvalue weighted by atomic mass is 32.2. The van der Waals surface area contributed by atoms with Crippen molar-refractivity contribution in [2.24, 2.45) is 0 Å². The van der Waals surface area contributed by atoms with E-state index in [2.05, 4.69) is 9.62 Å². The second kappa shape index (κ2) is 9.57. The van der Waals surface area contributed by atoms with Crippen molar-refractivity contribution >= 4 is 21.6 Å². The molecule has 0 bridgehead atoms. The van der Waals surface area contributed by atoms with Crippen molar-refractivity contribution in [2.75, 3.05) is 45.3 Å². The number of anilines is 1. The quantitative estimate of drug-likeness (QED) is 0.699. The largest absolute Gasteiger partial charge is 0.497 e. The van der Waals surface area contributed by atoms with Gasteiger partial charge in [-0.15, -0.1) is 0 Å². The van der Waals surface area contributed by atoms with Gasteiger partial charge in [-0.2, -0.15) is 4.72 Å². The lowest BCUT2D eigenvalue weighted by Crippen LogP contribution is -2.54. The topological polar surface area (TPSA) is 88.2 Å². The molecule has 0 aliphatic carbocycles. The summed E-state index contributed by atoms with van der Waals surface area (Å²) in [4.78, 5) is 16.8. The van der Waals surface area contributed by atoms with Gasteiger partial charge in [-0.25, -0.2) is 8.42 Å². The molecule has 0 aromatic heterocycles. The van der Waals surface area contributed by atoms with E-state index in [0.717, 1.165) is 11.4 Å². The Morgan fingerprint density at radius 1 is 1.00 bits per heavy atom. The molecule has 0 saturated carbocycles. The lowest BCUT2D eigenvalue weighted by Gasteiger charge is -2.37. The van der Waals surface area contributed by atoms with Crippen LogP contribution in [0.15, 0.2) is 47.4 Å². The molecule has 9 heteroatoms. The van der Waals surface area contributed by atoms with Gasteiger partial charge in [0.2, 0.25) is 15.9 Å². The number of sulfonamides is 1. The molecule has 2 aromatic carbocycles. The first kappa shape index (κ1) is 22.9. The van der Waals surface area contributed by atoms with Crippen molar-refractivity contribution < 1.29 is 22.7 Å². The summed E-state index contributed by atoms with van der Waals surface area (Å²) in [5, 5.41) is 0. The number of nitrogens with one attached hydrogen (secondary N) is 1. The van der Waals surface area contributed by atoms with E-state index < -0.39 is 16.1 Å². The van der Waals surface area contributed by atoms with Crippen LogP contribution in [-0.2, 0) is 14.8 Å². The van der Waals surface area contributed by atoms with Crippen LogP contribution in [0.2, 0.25) is 0 Å². The van der Waals surface area contributed by atoms with Gasteiger partial charge in [-0.3, -0.25) is 4.79 Å². The maximum Gasteiger partial charge on any atom is 0.241 e. The van der Waals surface area contributed by atoms with Crippen LogP contribution in [0.5, 0.6) is 11.5 Å². The SMILES string of the molecule is COc1ccc(N2CCN(C(=O)[C@H](C)NS(=O)(=O)c3ccc(OC)c(C)c3)CC2)cc1. The Balaban J connectivity index is 1.59. The molecule has 1 aliphatic rings. The van der Waals surface area contributed by atoms with Gasteiger partial charge in [0.15, 0.2) is 0 Å². The molecular weight excluding hydrogens is 418 g/mol. The van der Waals surface area contributed by atoms with Gasteiger partial charge in [-0.1, -0.05) is 0 Å². The molecule has 0 spiro atoms. The molecular formula is C22H29N3O5S. The Labute approximate surface area is 183 Å². The van der Waals surface area contributed by atoms with E-state index in [1.807, 2.05) is 24.3 Å². The second-order valence-electron chi connectivity index (χ2n) is 7.48. The minimum atomic E-state index is -3.83. The minimum Gasteiger partial charge on any atom is -0.497 e. The molecule has 0 radical (unpaired) electrons. The van der Waals surface area contributed by atoms with Gasteiger partial charge >= 0.3 is 0 Å². The highest BCUT2D eigenvalue weighted by molar-refractivity contribution is 7.89. The van der Waals surface area contributed by atoms with Gasteiger partial charge in [0, 0.05) is 31.9 Å². The summed E-state index contributed by atoms with van der Waals surface area (Å²) in [6, 6.07) is 11.5. The van der Waals surface area contributed by atoms with E-state index >= 15 is 0 Å². The lowest BCUT2D eigenvalue weighted by molar-refractivity contribution is -0.132.